The zero-order valence-electron chi connectivity index (χ0n) is 9.31. The standard InChI is InChI=1S/C13H13N3S/c14-9-10-3-4-12(15)13(8-10)16-6-5-11-2-1-7-17-11/h1-4,7-8,16H,5-6,15H2. The fourth-order valence-corrected chi connectivity index (χ4v) is 2.26. The summed E-state index contributed by atoms with van der Waals surface area (Å²) in [5.41, 5.74) is 7.97. The van der Waals surface area contributed by atoms with Crippen molar-refractivity contribution in [1.29, 1.82) is 5.26 Å². The largest absolute Gasteiger partial charge is 0.397 e. The van der Waals surface area contributed by atoms with Crippen LogP contribution in [0.15, 0.2) is 35.7 Å². The summed E-state index contributed by atoms with van der Waals surface area (Å²) in [5, 5.41) is 14.1. The van der Waals surface area contributed by atoms with Crippen molar-refractivity contribution >= 4 is 22.7 Å². The van der Waals surface area contributed by atoms with Gasteiger partial charge in [0.15, 0.2) is 0 Å². The molecule has 1 heterocycles. The van der Waals surface area contributed by atoms with Crippen LogP contribution < -0.4 is 11.1 Å². The van der Waals surface area contributed by atoms with Crippen LogP contribution in [0.4, 0.5) is 11.4 Å². The number of nitrogens with zero attached hydrogens (tertiary/aromatic N) is 1. The van der Waals surface area contributed by atoms with Gasteiger partial charge in [0.05, 0.1) is 23.0 Å². The molecule has 0 aliphatic carbocycles. The summed E-state index contributed by atoms with van der Waals surface area (Å²) >= 11 is 1.75. The third-order valence-corrected chi connectivity index (χ3v) is 3.39. The van der Waals surface area contributed by atoms with Crippen LogP contribution in [0, 0.1) is 11.3 Å². The van der Waals surface area contributed by atoms with Crippen LogP contribution in [0.3, 0.4) is 0 Å². The van der Waals surface area contributed by atoms with Gasteiger partial charge in [-0.15, -0.1) is 11.3 Å². The molecule has 0 saturated heterocycles. The molecule has 0 fully saturated rings. The van der Waals surface area contributed by atoms with Crippen molar-refractivity contribution in [3.8, 4) is 6.07 Å². The Morgan fingerprint density at radius 1 is 1.35 bits per heavy atom. The third-order valence-electron chi connectivity index (χ3n) is 2.45. The zero-order chi connectivity index (χ0) is 12.1. The molecule has 86 valence electrons. The SMILES string of the molecule is N#Cc1ccc(N)c(NCCc2cccs2)c1. The summed E-state index contributed by atoms with van der Waals surface area (Å²) < 4.78 is 0. The molecule has 0 aliphatic rings. The number of nitrogens with two attached hydrogens (primary N) is 1. The van der Waals surface area contributed by atoms with Crippen molar-refractivity contribution in [3.63, 3.8) is 0 Å². The molecule has 3 N–H and O–H groups in total. The van der Waals surface area contributed by atoms with E-state index in [0.29, 0.717) is 11.3 Å². The minimum absolute atomic E-state index is 0.623. The molecule has 1 aromatic heterocycles. The molecule has 1 aromatic carbocycles. The topological polar surface area (TPSA) is 61.8 Å². The zero-order valence-corrected chi connectivity index (χ0v) is 10.1. The second-order valence-corrected chi connectivity index (χ2v) is 4.70. The van der Waals surface area contributed by atoms with Crippen molar-refractivity contribution in [2.75, 3.05) is 17.6 Å². The van der Waals surface area contributed by atoms with Crippen molar-refractivity contribution < 1.29 is 0 Å². The first kappa shape index (κ1) is 11.5. The van der Waals surface area contributed by atoms with Crippen molar-refractivity contribution in [3.05, 3.63) is 46.2 Å². The maximum atomic E-state index is 8.81. The predicted octanol–water partition coefficient (Wildman–Crippen LogP) is 2.86. The first-order valence-corrected chi connectivity index (χ1v) is 6.23. The van der Waals surface area contributed by atoms with Gasteiger partial charge >= 0.3 is 0 Å². The van der Waals surface area contributed by atoms with E-state index in [2.05, 4.69) is 22.8 Å². The number of anilines is 2. The minimum atomic E-state index is 0.623. The van der Waals surface area contributed by atoms with E-state index in [0.717, 1.165) is 18.7 Å². The second-order valence-electron chi connectivity index (χ2n) is 3.67. The van der Waals surface area contributed by atoms with E-state index in [1.54, 1.807) is 29.5 Å². The highest BCUT2D eigenvalue weighted by molar-refractivity contribution is 7.09. The molecule has 0 spiro atoms. The minimum Gasteiger partial charge on any atom is -0.397 e. The van der Waals surface area contributed by atoms with Gasteiger partial charge in [0.25, 0.3) is 0 Å². The van der Waals surface area contributed by atoms with E-state index in [-0.39, 0.29) is 0 Å². The van der Waals surface area contributed by atoms with E-state index in [1.807, 2.05) is 6.07 Å². The van der Waals surface area contributed by atoms with E-state index in [1.165, 1.54) is 4.88 Å². The molecule has 0 aliphatic heterocycles. The highest BCUT2D eigenvalue weighted by Gasteiger charge is 2.00. The van der Waals surface area contributed by atoms with E-state index < -0.39 is 0 Å². The number of nitrogens with one attached hydrogen (secondary N) is 1. The normalized spacial score (nSPS) is 9.82. The van der Waals surface area contributed by atoms with Crippen molar-refractivity contribution in [2.24, 2.45) is 0 Å². The molecular weight excluding hydrogens is 230 g/mol. The fraction of sp³-hybridized carbons (Fsp3) is 0.154. The lowest BCUT2D eigenvalue weighted by atomic mass is 10.2. The summed E-state index contributed by atoms with van der Waals surface area (Å²) in [4.78, 5) is 1.34. The monoisotopic (exact) mass is 243 g/mol. The van der Waals surface area contributed by atoms with Gasteiger partial charge in [-0.25, -0.2) is 0 Å². The molecule has 3 nitrogen and oxygen atoms in total. The molecule has 2 aromatic rings. The number of hydrogen-bond donors (Lipinski definition) is 2. The van der Waals surface area contributed by atoms with Crippen molar-refractivity contribution in [1.82, 2.24) is 0 Å². The lowest BCUT2D eigenvalue weighted by molar-refractivity contribution is 1.04. The van der Waals surface area contributed by atoms with Gasteiger partial charge in [-0.05, 0) is 36.1 Å². The molecule has 4 heteroatoms. The van der Waals surface area contributed by atoms with Crippen LogP contribution in [0.2, 0.25) is 0 Å². The van der Waals surface area contributed by atoms with Crippen LogP contribution in [0.25, 0.3) is 0 Å². The quantitative estimate of drug-likeness (QED) is 0.812. The van der Waals surface area contributed by atoms with Gasteiger partial charge in [0.2, 0.25) is 0 Å². The summed E-state index contributed by atoms with van der Waals surface area (Å²) in [5.74, 6) is 0. The Labute approximate surface area is 105 Å². The van der Waals surface area contributed by atoms with E-state index in [9.17, 15) is 0 Å². The number of nitriles is 1. The Kier molecular flexibility index (Phi) is 3.63. The third kappa shape index (κ3) is 2.99. The number of thiophene rings is 1. The molecule has 0 amide bonds. The van der Waals surface area contributed by atoms with Crippen molar-refractivity contribution in [2.45, 2.75) is 6.42 Å². The summed E-state index contributed by atoms with van der Waals surface area (Å²) in [6, 6.07) is 11.5. The van der Waals surface area contributed by atoms with Gasteiger partial charge in [-0.2, -0.15) is 5.26 Å². The Balaban J connectivity index is 1.97. The molecule has 0 atom stereocenters. The Hall–Kier alpha value is -1.99. The van der Waals surface area contributed by atoms with Crippen LogP contribution in [0.1, 0.15) is 10.4 Å². The fourth-order valence-electron chi connectivity index (χ4n) is 1.55. The van der Waals surface area contributed by atoms with Gasteiger partial charge in [0.1, 0.15) is 0 Å². The smallest absolute Gasteiger partial charge is 0.0992 e. The first-order valence-electron chi connectivity index (χ1n) is 5.35. The number of rotatable bonds is 4. The molecule has 0 radical (unpaired) electrons. The second kappa shape index (κ2) is 5.37. The lowest BCUT2D eigenvalue weighted by Crippen LogP contribution is -2.06. The van der Waals surface area contributed by atoms with Gasteiger partial charge in [-0.3, -0.25) is 0 Å². The average Bonchev–Trinajstić information content (AvgIpc) is 2.84. The molecule has 0 unspecified atom stereocenters. The summed E-state index contributed by atoms with van der Waals surface area (Å²) in [6.07, 6.45) is 0.966. The summed E-state index contributed by atoms with van der Waals surface area (Å²) in [7, 11) is 0. The first-order chi connectivity index (χ1) is 8.29. The van der Waals surface area contributed by atoms with Crippen LogP contribution in [-0.4, -0.2) is 6.54 Å². The van der Waals surface area contributed by atoms with E-state index in [4.69, 9.17) is 11.0 Å². The molecule has 17 heavy (non-hydrogen) atoms. The number of benzene rings is 1. The molecule has 2 rings (SSSR count). The maximum Gasteiger partial charge on any atom is 0.0992 e. The van der Waals surface area contributed by atoms with Gasteiger partial charge < -0.3 is 11.1 Å². The molecule has 0 bridgehead atoms. The maximum absolute atomic E-state index is 8.81. The van der Waals surface area contributed by atoms with Gasteiger partial charge in [-0.1, -0.05) is 6.07 Å². The number of nitrogen functional groups attached to an aromatic ring is 1. The highest BCUT2D eigenvalue weighted by Crippen LogP contribution is 2.19. The Morgan fingerprint density at radius 2 is 2.24 bits per heavy atom. The van der Waals surface area contributed by atoms with E-state index >= 15 is 0 Å². The predicted molar refractivity (Wildman–Crippen MR) is 72.1 cm³/mol. The highest BCUT2D eigenvalue weighted by atomic mass is 32.1. The van der Waals surface area contributed by atoms with Crippen LogP contribution in [0.5, 0.6) is 0 Å². The number of hydrogen-bond acceptors (Lipinski definition) is 4. The van der Waals surface area contributed by atoms with Crippen LogP contribution in [-0.2, 0) is 6.42 Å². The Morgan fingerprint density at radius 3 is 2.94 bits per heavy atom. The summed E-state index contributed by atoms with van der Waals surface area (Å²) in [6.45, 7) is 0.819. The Bertz CT molecular complexity index is 526. The molecule has 0 saturated carbocycles. The molecular formula is C13H13N3S. The average molecular weight is 243 g/mol. The lowest BCUT2D eigenvalue weighted by Gasteiger charge is -2.08. The van der Waals surface area contributed by atoms with Gasteiger partial charge in [0, 0.05) is 11.4 Å². The van der Waals surface area contributed by atoms with Crippen LogP contribution >= 0.6 is 11.3 Å².